The second kappa shape index (κ2) is 6.59. The normalized spacial score (nSPS) is 11.9. The summed E-state index contributed by atoms with van der Waals surface area (Å²) in [6, 6.07) is 34.7. The van der Waals surface area contributed by atoms with Crippen LogP contribution in [0.25, 0.3) is 58.4 Å². The van der Waals surface area contributed by atoms with Gasteiger partial charge in [0.15, 0.2) is 0 Å². The van der Waals surface area contributed by atoms with E-state index in [1.54, 1.807) is 7.11 Å². The Hall–Kier alpha value is -3.82. The van der Waals surface area contributed by atoms with E-state index in [0.717, 1.165) is 5.75 Å². The number of methoxy groups -OCH3 is 1. The Labute approximate surface area is 188 Å². The van der Waals surface area contributed by atoms with Gasteiger partial charge in [0.25, 0.3) is 0 Å². The van der Waals surface area contributed by atoms with Crippen molar-refractivity contribution in [1.82, 2.24) is 4.57 Å². The Morgan fingerprint density at radius 3 is 2.19 bits per heavy atom. The fourth-order valence-electron chi connectivity index (χ4n) is 5.12. The summed E-state index contributed by atoms with van der Waals surface area (Å²) in [5.74, 6) is 0.879. The van der Waals surface area contributed by atoms with Crippen molar-refractivity contribution in [1.29, 1.82) is 0 Å². The van der Waals surface area contributed by atoms with Crippen LogP contribution >= 0.6 is 11.3 Å². The molecule has 0 spiro atoms. The smallest absolute Gasteiger partial charge is 0.119 e. The molecule has 3 heteroatoms. The van der Waals surface area contributed by atoms with Gasteiger partial charge < -0.3 is 9.30 Å². The summed E-state index contributed by atoms with van der Waals surface area (Å²) < 4.78 is 10.7. The van der Waals surface area contributed by atoms with E-state index in [1.807, 2.05) is 11.3 Å². The fourth-order valence-corrected chi connectivity index (χ4v) is 6.36. The van der Waals surface area contributed by atoms with E-state index < -0.39 is 0 Å². The van der Waals surface area contributed by atoms with Crippen molar-refractivity contribution < 1.29 is 4.74 Å². The van der Waals surface area contributed by atoms with Gasteiger partial charge in [-0.25, -0.2) is 0 Å². The highest BCUT2D eigenvalue weighted by Gasteiger charge is 2.21. The summed E-state index contributed by atoms with van der Waals surface area (Å²) in [4.78, 5) is 0. The predicted octanol–water partition coefficient (Wildman–Crippen LogP) is 8.31. The van der Waals surface area contributed by atoms with Gasteiger partial charge >= 0.3 is 0 Å². The van der Waals surface area contributed by atoms with E-state index in [4.69, 9.17) is 4.74 Å². The molecule has 0 saturated carbocycles. The monoisotopic (exact) mass is 429 g/mol. The van der Waals surface area contributed by atoms with Crippen LogP contribution in [0.1, 0.15) is 0 Å². The predicted molar refractivity (Wildman–Crippen MR) is 138 cm³/mol. The lowest BCUT2D eigenvalue weighted by Gasteiger charge is -2.10. The molecule has 0 bridgehead atoms. The first-order valence-electron chi connectivity index (χ1n) is 10.7. The number of ether oxygens (including phenoxy) is 1. The lowest BCUT2D eigenvalue weighted by molar-refractivity contribution is 0.415. The van der Waals surface area contributed by atoms with E-state index in [0.29, 0.717) is 0 Å². The van der Waals surface area contributed by atoms with Crippen molar-refractivity contribution in [2.45, 2.75) is 0 Å². The zero-order chi connectivity index (χ0) is 21.2. The molecule has 7 rings (SSSR count). The molecule has 0 fully saturated rings. The minimum Gasteiger partial charge on any atom is -0.497 e. The molecule has 0 unspecified atom stereocenters. The molecule has 2 heterocycles. The molecule has 0 saturated heterocycles. The third kappa shape index (κ3) is 2.29. The van der Waals surface area contributed by atoms with Gasteiger partial charge in [-0.2, -0.15) is 0 Å². The Morgan fingerprint density at radius 2 is 1.38 bits per heavy atom. The maximum absolute atomic E-state index is 5.63. The molecule has 2 nitrogen and oxygen atoms in total. The quantitative estimate of drug-likeness (QED) is 0.269. The molecular formula is C29H19NOS. The van der Waals surface area contributed by atoms with Crippen LogP contribution in [-0.4, -0.2) is 11.7 Å². The highest BCUT2D eigenvalue weighted by atomic mass is 32.1. The third-order valence-corrected chi connectivity index (χ3v) is 7.67. The zero-order valence-corrected chi connectivity index (χ0v) is 18.3. The molecule has 0 aliphatic carbocycles. The van der Waals surface area contributed by atoms with E-state index in [9.17, 15) is 0 Å². The summed E-state index contributed by atoms with van der Waals surface area (Å²) >= 11 is 1.89. The molecule has 0 N–H and O–H groups in total. The molecule has 5 aromatic carbocycles. The van der Waals surface area contributed by atoms with Crippen LogP contribution in [0, 0.1) is 0 Å². The number of hydrogen-bond donors (Lipinski definition) is 0. The Balaban J connectivity index is 1.88. The average molecular weight is 430 g/mol. The van der Waals surface area contributed by atoms with Crippen LogP contribution in [0.4, 0.5) is 0 Å². The molecule has 0 aliphatic rings. The Kier molecular flexibility index (Phi) is 3.67. The van der Waals surface area contributed by atoms with Gasteiger partial charge in [0.2, 0.25) is 0 Å². The topological polar surface area (TPSA) is 14.2 Å². The van der Waals surface area contributed by atoms with Crippen molar-refractivity contribution in [3.05, 3.63) is 97.1 Å². The van der Waals surface area contributed by atoms with E-state index in [1.165, 1.54) is 58.4 Å². The van der Waals surface area contributed by atoms with Gasteiger partial charge in [0.05, 0.1) is 18.1 Å². The molecule has 32 heavy (non-hydrogen) atoms. The summed E-state index contributed by atoms with van der Waals surface area (Å²) in [7, 11) is 1.74. The number of aromatic nitrogens is 1. The summed E-state index contributed by atoms with van der Waals surface area (Å²) in [6.45, 7) is 0. The summed E-state index contributed by atoms with van der Waals surface area (Å²) in [6.07, 6.45) is 0. The molecule has 0 amide bonds. The van der Waals surface area contributed by atoms with Crippen LogP contribution in [0.2, 0.25) is 0 Å². The SMILES string of the molecule is COc1ccc2c(c1)c1c3ccccc3c3sc4ccccc4c3c1n2-c1ccccc1. The van der Waals surface area contributed by atoms with E-state index in [-0.39, 0.29) is 0 Å². The molecule has 0 atom stereocenters. The van der Waals surface area contributed by atoms with Crippen molar-refractivity contribution >= 4 is 64.1 Å². The maximum atomic E-state index is 5.63. The number of nitrogens with zero attached hydrogens (tertiary/aromatic N) is 1. The van der Waals surface area contributed by atoms with Gasteiger partial charge in [-0.3, -0.25) is 0 Å². The Bertz CT molecular complexity index is 1810. The zero-order valence-electron chi connectivity index (χ0n) is 17.5. The van der Waals surface area contributed by atoms with Crippen LogP contribution in [-0.2, 0) is 0 Å². The fraction of sp³-hybridized carbons (Fsp3) is 0.0345. The first-order chi connectivity index (χ1) is 15.8. The van der Waals surface area contributed by atoms with Crippen LogP contribution in [0.15, 0.2) is 97.1 Å². The molecular weight excluding hydrogens is 410 g/mol. The van der Waals surface area contributed by atoms with Crippen LogP contribution < -0.4 is 4.74 Å². The number of rotatable bonds is 2. The van der Waals surface area contributed by atoms with Gasteiger partial charge in [-0.15, -0.1) is 11.3 Å². The first-order valence-corrected chi connectivity index (χ1v) is 11.6. The summed E-state index contributed by atoms with van der Waals surface area (Å²) in [5, 5.41) is 7.75. The molecule has 7 aromatic rings. The van der Waals surface area contributed by atoms with Gasteiger partial charge in [0.1, 0.15) is 5.75 Å². The molecule has 2 aromatic heterocycles. The van der Waals surface area contributed by atoms with Crippen molar-refractivity contribution in [2.24, 2.45) is 0 Å². The first kappa shape index (κ1) is 17.8. The van der Waals surface area contributed by atoms with Crippen molar-refractivity contribution in [3.63, 3.8) is 0 Å². The number of para-hydroxylation sites is 1. The van der Waals surface area contributed by atoms with Gasteiger partial charge in [-0.1, -0.05) is 60.7 Å². The highest BCUT2D eigenvalue weighted by Crippen LogP contribution is 2.48. The van der Waals surface area contributed by atoms with Crippen LogP contribution in [0.3, 0.4) is 0 Å². The lowest BCUT2D eigenvalue weighted by Crippen LogP contribution is -1.94. The standard InChI is InChI=1S/C29H19NOS/c1-31-19-15-16-24-23(17-19)26-20-11-5-6-12-21(20)29-27(22-13-7-8-14-25(22)32-29)28(26)30(24)18-9-3-2-4-10-18/h2-17H,1H3. The maximum Gasteiger partial charge on any atom is 0.119 e. The lowest BCUT2D eigenvalue weighted by atomic mass is 9.99. The number of thiophene rings is 1. The third-order valence-electron chi connectivity index (χ3n) is 6.46. The molecule has 0 aliphatic heterocycles. The average Bonchev–Trinajstić information content (AvgIpc) is 3.40. The summed E-state index contributed by atoms with van der Waals surface area (Å²) in [5.41, 5.74) is 3.63. The van der Waals surface area contributed by atoms with Gasteiger partial charge in [-0.05, 0) is 41.8 Å². The van der Waals surface area contributed by atoms with Crippen LogP contribution in [0.5, 0.6) is 5.75 Å². The molecule has 152 valence electrons. The van der Waals surface area contributed by atoms with E-state index in [2.05, 4.69) is 102 Å². The number of benzene rings is 5. The second-order valence-corrected chi connectivity index (χ2v) is 9.18. The van der Waals surface area contributed by atoms with Gasteiger partial charge in [0, 0.05) is 42.0 Å². The number of hydrogen-bond acceptors (Lipinski definition) is 2. The Morgan fingerprint density at radius 1 is 0.656 bits per heavy atom. The minimum absolute atomic E-state index is 0.879. The minimum atomic E-state index is 0.879. The van der Waals surface area contributed by atoms with Crippen molar-refractivity contribution in [3.8, 4) is 11.4 Å². The molecule has 0 radical (unpaired) electrons. The highest BCUT2D eigenvalue weighted by molar-refractivity contribution is 7.27. The largest absolute Gasteiger partial charge is 0.497 e. The number of fused-ring (bicyclic) bond motifs is 10. The van der Waals surface area contributed by atoms with Crippen molar-refractivity contribution in [2.75, 3.05) is 7.11 Å². The second-order valence-electron chi connectivity index (χ2n) is 8.13. The van der Waals surface area contributed by atoms with E-state index >= 15 is 0 Å².